The summed E-state index contributed by atoms with van der Waals surface area (Å²) in [5.74, 6) is 0. The Balaban J connectivity index is 2.29. The lowest BCUT2D eigenvalue weighted by Crippen LogP contribution is -2.26. The predicted octanol–water partition coefficient (Wildman–Crippen LogP) is 2.19. The van der Waals surface area contributed by atoms with Crippen LogP contribution in [-0.2, 0) is 10.0 Å². The second kappa shape index (κ2) is 5.75. The molecule has 0 radical (unpaired) electrons. The Kier molecular flexibility index (Phi) is 4.29. The molecule has 0 spiro atoms. The minimum absolute atomic E-state index is 0.246. The molecule has 1 aromatic rings. The third-order valence-electron chi connectivity index (χ3n) is 2.80. The molecule has 1 aromatic carbocycles. The van der Waals surface area contributed by atoms with Crippen LogP contribution in [0.4, 0.5) is 0 Å². The van der Waals surface area contributed by atoms with Gasteiger partial charge in [0.15, 0.2) is 5.17 Å². The summed E-state index contributed by atoms with van der Waals surface area (Å²) in [6.45, 7) is 1.79. The lowest BCUT2D eigenvalue weighted by atomic mass is 10.4. The molecule has 6 heteroatoms. The third kappa shape index (κ3) is 3.05. The second-order valence-corrected chi connectivity index (χ2v) is 6.44. The van der Waals surface area contributed by atoms with Crippen molar-refractivity contribution in [2.75, 3.05) is 19.3 Å². The lowest BCUT2D eigenvalue weighted by molar-refractivity contribution is 0.529. The summed E-state index contributed by atoms with van der Waals surface area (Å²) < 4.78 is 28.2. The van der Waals surface area contributed by atoms with E-state index in [1.54, 1.807) is 30.3 Å². The Labute approximate surface area is 112 Å². The molecular weight excluding hydrogens is 268 g/mol. The highest BCUT2D eigenvalue weighted by atomic mass is 32.2. The van der Waals surface area contributed by atoms with Crippen LogP contribution in [0.1, 0.15) is 12.8 Å². The number of hydrogen-bond donors (Lipinski definition) is 0. The molecule has 0 saturated carbocycles. The monoisotopic (exact) mass is 284 g/mol. The zero-order valence-corrected chi connectivity index (χ0v) is 11.9. The van der Waals surface area contributed by atoms with Gasteiger partial charge < -0.3 is 4.90 Å². The van der Waals surface area contributed by atoms with Gasteiger partial charge in [-0.2, -0.15) is 8.42 Å². The first-order chi connectivity index (χ1) is 8.63. The Morgan fingerprint density at radius 1 is 1.22 bits per heavy atom. The van der Waals surface area contributed by atoms with Gasteiger partial charge in [-0.25, -0.2) is 0 Å². The number of amidine groups is 1. The van der Waals surface area contributed by atoms with E-state index >= 15 is 0 Å². The Morgan fingerprint density at radius 3 is 2.39 bits per heavy atom. The van der Waals surface area contributed by atoms with Crippen molar-refractivity contribution in [1.82, 2.24) is 4.90 Å². The van der Waals surface area contributed by atoms with Gasteiger partial charge in [-0.1, -0.05) is 30.0 Å². The van der Waals surface area contributed by atoms with Gasteiger partial charge in [-0.15, -0.1) is 4.40 Å². The van der Waals surface area contributed by atoms with Crippen molar-refractivity contribution in [2.45, 2.75) is 17.7 Å². The Bertz CT molecular complexity index is 520. The van der Waals surface area contributed by atoms with Crippen LogP contribution < -0.4 is 0 Å². The molecule has 98 valence electrons. The van der Waals surface area contributed by atoms with E-state index in [0.717, 1.165) is 25.9 Å². The van der Waals surface area contributed by atoms with Crippen LogP contribution in [0.3, 0.4) is 0 Å². The zero-order valence-electron chi connectivity index (χ0n) is 10.2. The summed E-state index contributed by atoms with van der Waals surface area (Å²) in [4.78, 5) is 2.28. The SMILES string of the molecule is CS/C(=N\S(=O)(=O)c1ccccc1)N1CCCC1. The van der Waals surface area contributed by atoms with Gasteiger partial charge in [0.05, 0.1) is 4.90 Å². The zero-order chi connectivity index (χ0) is 13.0. The van der Waals surface area contributed by atoms with Gasteiger partial charge >= 0.3 is 0 Å². The maximum atomic E-state index is 12.1. The van der Waals surface area contributed by atoms with E-state index in [-0.39, 0.29) is 4.90 Å². The molecule has 1 saturated heterocycles. The smallest absolute Gasteiger partial charge is 0.284 e. The highest BCUT2D eigenvalue weighted by Gasteiger charge is 2.20. The maximum Gasteiger partial charge on any atom is 0.284 e. The Hall–Kier alpha value is -1.01. The van der Waals surface area contributed by atoms with Gasteiger partial charge in [0, 0.05) is 13.1 Å². The standard InChI is InChI=1S/C12H16N2O2S2/c1-17-12(14-9-5-6-10-14)13-18(15,16)11-7-3-2-4-8-11/h2-4,7-8H,5-6,9-10H2,1H3/b13-12-. The van der Waals surface area contributed by atoms with Crippen LogP contribution in [0.2, 0.25) is 0 Å². The fourth-order valence-corrected chi connectivity index (χ4v) is 3.84. The molecular formula is C12H16N2O2S2. The van der Waals surface area contributed by atoms with Crippen LogP contribution in [0, 0.1) is 0 Å². The molecule has 1 aliphatic rings. The number of likely N-dealkylation sites (tertiary alicyclic amines) is 1. The van der Waals surface area contributed by atoms with Crippen LogP contribution >= 0.6 is 11.8 Å². The minimum Gasteiger partial charge on any atom is -0.351 e. The minimum atomic E-state index is -3.58. The van der Waals surface area contributed by atoms with Crippen molar-refractivity contribution in [2.24, 2.45) is 4.40 Å². The largest absolute Gasteiger partial charge is 0.351 e. The number of nitrogens with zero attached hydrogens (tertiary/aromatic N) is 2. The highest BCUT2D eigenvalue weighted by molar-refractivity contribution is 8.13. The first-order valence-electron chi connectivity index (χ1n) is 5.82. The molecule has 2 rings (SSSR count). The van der Waals surface area contributed by atoms with E-state index in [2.05, 4.69) is 4.40 Å². The van der Waals surface area contributed by atoms with Crippen molar-refractivity contribution in [1.29, 1.82) is 0 Å². The van der Waals surface area contributed by atoms with Crippen molar-refractivity contribution in [3.8, 4) is 0 Å². The van der Waals surface area contributed by atoms with Crippen LogP contribution in [0.15, 0.2) is 39.6 Å². The number of benzene rings is 1. The number of hydrogen-bond acceptors (Lipinski definition) is 3. The van der Waals surface area contributed by atoms with E-state index in [0.29, 0.717) is 5.17 Å². The van der Waals surface area contributed by atoms with Crippen LogP contribution in [0.5, 0.6) is 0 Å². The molecule has 0 bridgehead atoms. The topological polar surface area (TPSA) is 49.7 Å². The first-order valence-corrected chi connectivity index (χ1v) is 8.49. The van der Waals surface area contributed by atoms with Crippen LogP contribution in [-0.4, -0.2) is 37.8 Å². The summed E-state index contributed by atoms with van der Waals surface area (Å²) >= 11 is 1.39. The summed E-state index contributed by atoms with van der Waals surface area (Å²) in [6.07, 6.45) is 4.06. The van der Waals surface area contributed by atoms with Gasteiger partial charge in [0.2, 0.25) is 0 Å². The van der Waals surface area contributed by atoms with Crippen LogP contribution in [0.25, 0.3) is 0 Å². The highest BCUT2D eigenvalue weighted by Crippen LogP contribution is 2.18. The lowest BCUT2D eigenvalue weighted by Gasteiger charge is -2.17. The molecule has 18 heavy (non-hydrogen) atoms. The number of rotatable bonds is 2. The normalized spacial score (nSPS) is 17.2. The molecule has 0 aromatic heterocycles. The summed E-state index contributed by atoms with van der Waals surface area (Å²) in [5, 5.41) is 0.594. The van der Waals surface area contributed by atoms with Gasteiger partial charge in [0.1, 0.15) is 0 Å². The van der Waals surface area contributed by atoms with Crippen molar-refractivity contribution >= 4 is 27.0 Å². The quantitative estimate of drug-likeness (QED) is 0.617. The Morgan fingerprint density at radius 2 is 1.83 bits per heavy atom. The fraction of sp³-hybridized carbons (Fsp3) is 0.417. The average Bonchev–Trinajstić information content (AvgIpc) is 2.91. The maximum absolute atomic E-state index is 12.1. The molecule has 1 heterocycles. The van der Waals surface area contributed by atoms with E-state index in [9.17, 15) is 8.42 Å². The van der Waals surface area contributed by atoms with Gasteiger partial charge in [-0.05, 0) is 31.2 Å². The summed E-state index contributed by atoms with van der Waals surface area (Å²) in [7, 11) is -3.58. The number of sulfonamides is 1. The molecule has 0 aliphatic carbocycles. The predicted molar refractivity (Wildman–Crippen MR) is 75.4 cm³/mol. The third-order valence-corrected chi connectivity index (χ3v) is 4.91. The fourth-order valence-electron chi connectivity index (χ4n) is 1.88. The van der Waals surface area contributed by atoms with Gasteiger partial charge in [0.25, 0.3) is 10.0 Å². The van der Waals surface area contributed by atoms with E-state index < -0.39 is 10.0 Å². The first kappa shape index (κ1) is 13.4. The molecule has 0 amide bonds. The molecule has 0 atom stereocenters. The molecule has 0 N–H and O–H groups in total. The summed E-state index contributed by atoms with van der Waals surface area (Å²) in [5.41, 5.74) is 0. The van der Waals surface area contributed by atoms with Crippen molar-refractivity contribution in [3.05, 3.63) is 30.3 Å². The molecule has 1 aliphatic heterocycles. The van der Waals surface area contributed by atoms with Crippen molar-refractivity contribution < 1.29 is 8.42 Å². The second-order valence-electron chi connectivity index (χ2n) is 4.06. The number of thioether (sulfide) groups is 1. The van der Waals surface area contributed by atoms with E-state index in [1.165, 1.54) is 11.8 Å². The van der Waals surface area contributed by atoms with Gasteiger partial charge in [-0.3, -0.25) is 0 Å². The molecule has 0 unspecified atom stereocenters. The average molecular weight is 284 g/mol. The van der Waals surface area contributed by atoms with E-state index in [1.807, 2.05) is 11.2 Å². The van der Waals surface area contributed by atoms with Crippen molar-refractivity contribution in [3.63, 3.8) is 0 Å². The summed E-state index contributed by atoms with van der Waals surface area (Å²) in [6, 6.07) is 8.34. The molecule has 1 fully saturated rings. The molecule has 4 nitrogen and oxygen atoms in total. The van der Waals surface area contributed by atoms with E-state index in [4.69, 9.17) is 0 Å².